The fourth-order valence-electron chi connectivity index (χ4n) is 3.45. The maximum absolute atomic E-state index is 12.7. The molecule has 0 unspecified atom stereocenters. The predicted octanol–water partition coefficient (Wildman–Crippen LogP) is 4.59. The highest BCUT2D eigenvalue weighted by molar-refractivity contribution is 7.07. The molecular weight excluding hydrogens is 454 g/mol. The van der Waals surface area contributed by atoms with Crippen LogP contribution in [0.1, 0.15) is 27.3 Å². The van der Waals surface area contributed by atoms with Crippen LogP contribution in [0.2, 0.25) is 0 Å². The lowest BCUT2D eigenvalue weighted by Crippen LogP contribution is -2.22. The van der Waals surface area contributed by atoms with Gasteiger partial charge >= 0.3 is 0 Å². The number of carbonyl (C=O) groups is 1. The molecule has 0 aliphatic carbocycles. The number of nitrogens with zero attached hydrogens (tertiary/aromatic N) is 2. The summed E-state index contributed by atoms with van der Waals surface area (Å²) in [6, 6.07) is 20.6. The third kappa shape index (κ3) is 4.94. The lowest BCUT2D eigenvalue weighted by molar-refractivity contribution is 0.0950. The summed E-state index contributed by atoms with van der Waals surface area (Å²) in [7, 11) is 1.53. The zero-order chi connectivity index (χ0) is 23.3. The number of amides is 1. The minimum atomic E-state index is -0.233. The lowest BCUT2D eigenvalue weighted by Gasteiger charge is -2.11. The molecule has 0 fully saturated rings. The number of benzene rings is 3. The van der Waals surface area contributed by atoms with Crippen molar-refractivity contribution in [3.63, 3.8) is 0 Å². The fourth-order valence-corrected chi connectivity index (χ4v) is 4.01. The minimum absolute atomic E-state index is 0.213. The van der Waals surface area contributed by atoms with E-state index in [1.54, 1.807) is 18.2 Å². The largest absolute Gasteiger partial charge is 0.493 e. The van der Waals surface area contributed by atoms with E-state index in [4.69, 9.17) is 18.9 Å². The van der Waals surface area contributed by atoms with Crippen molar-refractivity contribution in [1.29, 1.82) is 0 Å². The lowest BCUT2D eigenvalue weighted by atomic mass is 10.1. The summed E-state index contributed by atoms with van der Waals surface area (Å²) in [5, 5.41) is 3.31. The second-order valence-electron chi connectivity index (χ2n) is 7.48. The summed E-state index contributed by atoms with van der Waals surface area (Å²) in [6.45, 7) is 0.565. The molecule has 0 saturated heterocycles. The average Bonchev–Trinajstić information content (AvgIpc) is 3.52. The summed E-state index contributed by atoms with van der Waals surface area (Å²) in [4.78, 5) is 17.1. The number of ether oxygens (including phenoxy) is 4. The number of rotatable bonds is 8. The van der Waals surface area contributed by atoms with E-state index in [1.165, 1.54) is 18.6 Å². The van der Waals surface area contributed by atoms with Gasteiger partial charge in [0.2, 0.25) is 6.79 Å². The molecule has 0 atom stereocenters. The van der Waals surface area contributed by atoms with Crippen molar-refractivity contribution >= 4 is 17.4 Å². The monoisotopic (exact) mass is 475 g/mol. The third-order valence-electron chi connectivity index (χ3n) is 5.17. The van der Waals surface area contributed by atoms with Gasteiger partial charge in [-0.15, -0.1) is 0 Å². The number of hydrogen-bond donors (Lipinski definition) is 1. The van der Waals surface area contributed by atoms with Crippen LogP contribution in [0, 0.1) is 0 Å². The molecule has 3 aromatic carbocycles. The van der Waals surface area contributed by atoms with Crippen LogP contribution in [-0.4, -0.2) is 29.2 Å². The number of methoxy groups -OCH3 is 1. The normalized spacial score (nSPS) is 11.8. The Morgan fingerprint density at radius 2 is 1.85 bits per heavy atom. The highest BCUT2D eigenvalue weighted by Gasteiger charge is 2.16. The Bertz CT molecular complexity index is 1310. The minimum Gasteiger partial charge on any atom is -0.493 e. The Kier molecular flexibility index (Phi) is 6.26. The van der Waals surface area contributed by atoms with E-state index in [0.29, 0.717) is 52.5 Å². The molecule has 0 bridgehead atoms. The average molecular weight is 476 g/mol. The van der Waals surface area contributed by atoms with Crippen molar-refractivity contribution < 1.29 is 23.7 Å². The van der Waals surface area contributed by atoms with Crippen LogP contribution < -0.4 is 24.3 Å². The number of hydrogen-bond acceptors (Lipinski definition) is 8. The molecule has 1 aliphatic rings. The molecule has 0 saturated carbocycles. The van der Waals surface area contributed by atoms with Gasteiger partial charge in [0.25, 0.3) is 11.1 Å². The smallest absolute Gasteiger partial charge is 0.298 e. The van der Waals surface area contributed by atoms with Crippen LogP contribution in [0.4, 0.5) is 0 Å². The summed E-state index contributed by atoms with van der Waals surface area (Å²) >= 11 is 1.17. The third-order valence-corrected chi connectivity index (χ3v) is 5.80. The van der Waals surface area contributed by atoms with Gasteiger partial charge in [0.1, 0.15) is 0 Å². The first-order valence-electron chi connectivity index (χ1n) is 10.6. The second-order valence-corrected chi connectivity index (χ2v) is 8.19. The van der Waals surface area contributed by atoms with Crippen molar-refractivity contribution in [3.05, 3.63) is 89.2 Å². The molecule has 9 heteroatoms. The summed E-state index contributed by atoms with van der Waals surface area (Å²) < 4.78 is 26.4. The number of fused-ring (bicyclic) bond motifs is 1. The van der Waals surface area contributed by atoms with Crippen LogP contribution in [0.5, 0.6) is 28.2 Å². The van der Waals surface area contributed by atoms with Crippen molar-refractivity contribution in [2.45, 2.75) is 13.0 Å². The Balaban J connectivity index is 1.23. The molecule has 2 heterocycles. The van der Waals surface area contributed by atoms with Gasteiger partial charge in [-0.1, -0.05) is 36.4 Å². The SMILES string of the molecule is COc1cc(C(=O)NCc2ccc3c(c2)OCO3)ccc1Oc1nc(Cc2ccccc2)ns1. The predicted molar refractivity (Wildman–Crippen MR) is 126 cm³/mol. The Labute approximate surface area is 200 Å². The Morgan fingerprint density at radius 3 is 2.71 bits per heavy atom. The molecule has 5 rings (SSSR count). The van der Waals surface area contributed by atoms with Gasteiger partial charge in [-0.3, -0.25) is 4.79 Å². The molecule has 0 spiro atoms. The number of carbonyl (C=O) groups excluding carboxylic acids is 1. The van der Waals surface area contributed by atoms with E-state index in [0.717, 1.165) is 11.1 Å². The molecular formula is C25H21N3O5S. The molecule has 172 valence electrons. The van der Waals surface area contributed by atoms with Crippen molar-refractivity contribution in [1.82, 2.24) is 14.7 Å². The molecule has 1 aliphatic heterocycles. The van der Waals surface area contributed by atoms with Crippen LogP contribution in [0.15, 0.2) is 66.7 Å². The zero-order valence-corrected chi connectivity index (χ0v) is 19.1. The van der Waals surface area contributed by atoms with Crippen LogP contribution in [0.25, 0.3) is 0 Å². The highest BCUT2D eigenvalue weighted by atomic mass is 32.1. The molecule has 8 nitrogen and oxygen atoms in total. The van der Waals surface area contributed by atoms with E-state index < -0.39 is 0 Å². The van der Waals surface area contributed by atoms with Crippen LogP contribution in [0.3, 0.4) is 0 Å². The van der Waals surface area contributed by atoms with E-state index in [1.807, 2.05) is 48.5 Å². The topological polar surface area (TPSA) is 91.8 Å². The van der Waals surface area contributed by atoms with Crippen molar-refractivity contribution in [3.8, 4) is 28.2 Å². The summed E-state index contributed by atoms with van der Waals surface area (Å²) in [5.41, 5.74) is 2.49. The van der Waals surface area contributed by atoms with Gasteiger partial charge in [0, 0.05) is 30.1 Å². The van der Waals surface area contributed by atoms with E-state index in [-0.39, 0.29) is 12.7 Å². The standard InChI is InChI=1S/C25H21N3O5S/c1-30-21-13-18(24(29)26-14-17-7-9-19-22(11-17)32-15-31-19)8-10-20(21)33-25-27-23(28-34-25)12-16-5-3-2-4-6-16/h2-11,13H,12,14-15H2,1H3,(H,26,29). The van der Waals surface area contributed by atoms with Crippen LogP contribution >= 0.6 is 11.5 Å². The van der Waals surface area contributed by atoms with Gasteiger partial charge in [-0.25, -0.2) is 0 Å². The molecule has 34 heavy (non-hydrogen) atoms. The maximum atomic E-state index is 12.7. The second kappa shape index (κ2) is 9.80. The molecule has 0 radical (unpaired) electrons. The first-order valence-corrected chi connectivity index (χ1v) is 11.3. The van der Waals surface area contributed by atoms with Crippen LogP contribution in [-0.2, 0) is 13.0 Å². The van der Waals surface area contributed by atoms with E-state index in [2.05, 4.69) is 14.7 Å². The van der Waals surface area contributed by atoms with E-state index >= 15 is 0 Å². The Morgan fingerprint density at radius 1 is 1.00 bits per heavy atom. The fraction of sp³-hybridized carbons (Fsp3) is 0.160. The zero-order valence-electron chi connectivity index (χ0n) is 18.3. The van der Waals surface area contributed by atoms with Gasteiger partial charge < -0.3 is 24.3 Å². The molecule has 1 N–H and O–H groups in total. The molecule has 4 aromatic rings. The molecule has 1 aromatic heterocycles. The van der Waals surface area contributed by atoms with Gasteiger partial charge in [0.15, 0.2) is 28.8 Å². The van der Waals surface area contributed by atoms with Gasteiger partial charge in [-0.2, -0.15) is 9.36 Å². The Hall–Kier alpha value is -4.11. The van der Waals surface area contributed by atoms with Gasteiger partial charge in [0.05, 0.1) is 7.11 Å². The van der Waals surface area contributed by atoms with Crippen molar-refractivity contribution in [2.24, 2.45) is 0 Å². The van der Waals surface area contributed by atoms with Gasteiger partial charge in [-0.05, 0) is 41.5 Å². The maximum Gasteiger partial charge on any atom is 0.298 e. The van der Waals surface area contributed by atoms with E-state index in [9.17, 15) is 4.79 Å². The highest BCUT2D eigenvalue weighted by Crippen LogP contribution is 2.34. The number of aromatic nitrogens is 2. The first kappa shape index (κ1) is 21.7. The molecule has 1 amide bonds. The summed E-state index contributed by atoms with van der Waals surface area (Å²) in [6.07, 6.45) is 0.625. The van der Waals surface area contributed by atoms with Crippen molar-refractivity contribution in [2.75, 3.05) is 13.9 Å². The first-order chi connectivity index (χ1) is 16.7. The summed E-state index contributed by atoms with van der Waals surface area (Å²) in [5.74, 6) is 2.72. The number of nitrogens with one attached hydrogen (secondary N) is 1. The quantitative estimate of drug-likeness (QED) is 0.399.